The lowest BCUT2D eigenvalue weighted by Crippen LogP contribution is -2.09. The Labute approximate surface area is 110 Å². The second-order valence-electron chi connectivity index (χ2n) is 4.26. The van der Waals surface area contributed by atoms with Gasteiger partial charge in [-0.3, -0.25) is 4.79 Å². The molecule has 0 unspecified atom stereocenters. The van der Waals surface area contributed by atoms with Crippen molar-refractivity contribution in [3.8, 4) is 11.4 Å². The Bertz CT molecular complexity index is 801. The van der Waals surface area contributed by atoms with Gasteiger partial charge < -0.3 is 4.98 Å². The summed E-state index contributed by atoms with van der Waals surface area (Å²) in [5.41, 5.74) is 2.50. The zero-order valence-electron chi connectivity index (χ0n) is 10.3. The van der Waals surface area contributed by atoms with E-state index < -0.39 is 0 Å². The van der Waals surface area contributed by atoms with Gasteiger partial charge in [-0.2, -0.15) is 0 Å². The van der Waals surface area contributed by atoms with Gasteiger partial charge in [-0.1, -0.05) is 49.1 Å². The SMILES string of the molecule is C=Cc1ccc(-c2nc3ccccc3c(=O)[nH]2)cc1. The molecule has 1 N–H and O–H groups in total. The lowest BCUT2D eigenvalue weighted by molar-refractivity contribution is 1.18. The molecule has 0 spiro atoms. The van der Waals surface area contributed by atoms with Crippen LogP contribution in [-0.4, -0.2) is 9.97 Å². The molecule has 0 aliphatic heterocycles. The number of benzene rings is 2. The number of fused-ring (bicyclic) bond motifs is 1. The van der Waals surface area contributed by atoms with Crippen LogP contribution in [0.25, 0.3) is 28.4 Å². The molecule has 3 heteroatoms. The third-order valence-corrected chi connectivity index (χ3v) is 3.03. The second kappa shape index (κ2) is 4.53. The zero-order valence-corrected chi connectivity index (χ0v) is 10.3. The number of hydrogen-bond donors (Lipinski definition) is 1. The highest BCUT2D eigenvalue weighted by atomic mass is 16.1. The summed E-state index contributed by atoms with van der Waals surface area (Å²) in [5, 5.41) is 0.606. The van der Waals surface area contributed by atoms with Crippen LogP contribution in [0.4, 0.5) is 0 Å². The number of nitrogens with zero attached hydrogens (tertiary/aromatic N) is 1. The first-order valence-corrected chi connectivity index (χ1v) is 6.00. The van der Waals surface area contributed by atoms with Gasteiger partial charge in [0.05, 0.1) is 10.9 Å². The second-order valence-corrected chi connectivity index (χ2v) is 4.26. The number of para-hydroxylation sites is 1. The van der Waals surface area contributed by atoms with E-state index in [1.165, 1.54) is 0 Å². The van der Waals surface area contributed by atoms with E-state index in [0.29, 0.717) is 16.7 Å². The van der Waals surface area contributed by atoms with Gasteiger partial charge in [-0.15, -0.1) is 0 Å². The molecule has 92 valence electrons. The molecule has 0 radical (unpaired) electrons. The van der Waals surface area contributed by atoms with E-state index in [4.69, 9.17) is 0 Å². The van der Waals surface area contributed by atoms with Gasteiger partial charge in [-0.25, -0.2) is 4.98 Å². The van der Waals surface area contributed by atoms with Crippen molar-refractivity contribution >= 4 is 17.0 Å². The smallest absolute Gasteiger partial charge is 0.259 e. The fourth-order valence-electron chi connectivity index (χ4n) is 2.00. The van der Waals surface area contributed by atoms with Crippen LogP contribution < -0.4 is 5.56 Å². The number of rotatable bonds is 2. The third kappa shape index (κ3) is 2.06. The summed E-state index contributed by atoms with van der Waals surface area (Å²) in [6.07, 6.45) is 1.78. The summed E-state index contributed by atoms with van der Waals surface area (Å²) >= 11 is 0. The molecule has 2 aromatic carbocycles. The summed E-state index contributed by atoms with van der Waals surface area (Å²) in [7, 11) is 0. The highest BCUT2D eigenvalue weighted by molar-refractivity contribution is 5.79. The first kappa shape index (κ1) is 11.4. The molecule has 19 heavy (non-hydrogen) atoms. The van der Waals surface area contributed by atoms with Crippen molar-refractivity contribution in [1.29, 1.82) is 0 Å². The predicted molar refractivity (Wildman–Crippen MR) is 77.9 cm³/mol. The van der Waals surface area contributed by atoms with E-state index in [2.05, 4.69) is 16.5 Å². The summed E-state index contributed by atoms with van der Waals surface area (Å²) in [5.74, 6) is 0.583. The molecule has 0 aliphatic rings. The summed E-state index contributed by atoms with van der Waals surface area (Å²) < 4.78 is 0. The molecule has 3 aromatic rings. The number of H-pyrrole nitrogens is 1. The third-order valence-electron chi connectivity index (χ3n) is 3.03. The number of aromatic nitrogens is 2. The van der Waals surface area contributed by atoms with Gasteiger partial charge in [-0.05, 0) is 17.7 Å². The minimum absolute atomic E-state index is 0.117. The zero-order chi connectivity index (χ0) is 13.2. The predicted octanol–water partition coefficient (Wildman–Crippen LogP) is 3.23. The minimum atomic E-state index is -0.117. The lowest BCUT2D eigenvalue weighted by Gasteiger charge is -2.03. The molecule has 0 aliphatic carbocycles. The molecule has 0 atom stereocenters. The van der Waals surface area contributed by atoms with Crippen molar-refractivity contribution < 1.29 is 0 Å². The molecule has 1 aromatic heterocycles. The fraction of sp³-hybridized carbons (Fsp3) is 0. The van der Waals surface area contributed by atoms with E-state index in [-0.39, 0.29) is 5.56 Å². The van der Waals surface area contributed by atoms with E-state index in [1.54, 1.807) is 12.1 Å². The maximum absolute atomic E-state index is 12.0. The van der Waals surface area contributed by atoms with Crippen molar-refractivity contribution in [3.63, 3.8) is 0 Å². The first-order chi connectivity index (χ1) is 9.28. The summed E-state index contributed by atoms with van der Waals surface area (Å²) in [6, 6.07) is 15.0. The van der Waals surface area contributed by atoms with Crippen LogP contribution in [0.5, 0.6) is 0 Å². The molecule has 3 nitrogen and oxygen atoms in total. The average Bonchev–Trinajstić information content (AvgIpc) is 2.47. The molecular formula is C16H12N2O. The van der Waals surface area contributed by atoms with Crippen LogP contribution in [0.1, 0.15) is 5.56 Å². The Kier molecular flexibility index (Phi) is 2.72. The van der Waals surface area contributed by atoms with Crippen molar-refractivity contribution in [2.45, 2.75) is 0 Å². The van der Waals surface area contributed by atoms with Crippen LogP contribution in [0.2, 0.25) is 0 Å². The highest BCUT2D eigenvalue weighted by Crippen LogP contribution is 2.17. The van der Waals surface area contributed by atoms with Gasteiger partial charge in [0.1, 0.15) is 5.82 Å². The molecule has 0 bridgehead atoms. The van der Waals surface area contributed by atoms with Crippen LogP contribution >= 0.6 is 0 Å². The maximum Gasteiger partial charge on any atom is 0.259 e. The van der Waals surface area contributed by atoms with Crippen LogP contribution in [0.15, 0.2) is 59.9 Å². The molecule has 0 saturated carbocycles. The standard InChI is InChI=1S/C16H12N2O/c1-2-11-7-9-12(10-8-11)15-17-14-6-4-3-5-13(14)16(19)18-15/h2-10H,1H2,(H,17,18,19). The van der Waals surface area contributed by atoms with Gasteiger partial charge in [0.15, 0.2) is 0 Å². The Morgan fingerprint density at radius 2 is 1.79 bits per heavy atom. The van der Waals surface area contributed by atoms with E-state index in [9.17, 15) is 4.79 Å². The Morgan fingerprint density at radius 1 is 1.05 bits per heavy atom. The normalized spacial score (nSPS) is 10.5. The quantitative estimate of drug-likeness (QED) is 0.756. The van der Waals surface area contributed by atoms with Gasteiger partial charge in [0.2, 0.25) is 0 Å². The number of aromatic amines is 1. The Morgan fingerprint density at radius 3 is 2.53 bits per heavy atom. The van der Waals surface area contributed by atoms with E-state index in [1.807, 2.05) is 42.5 Å². The monoisotopic (exact) mass is 248 g/mol. The molecule has 0 saturated heterocycles. The van der Waals surface area contributed by atoms with Gasteiger partial charge in [0, 0.05) is 5.56 Å². The molecule has 0 amide bonds. The first-order valence-electron chi connectivity index (χ1n) is 6.00. The molecular weight excluding hydrogens is 236 g/mol. The maximum atomic E-state index is 12.0. The Balaban J connectivity index is 2.19. The summed E-state index contributed by atoms with van der Waals surface area (Å²) in [6.45, 7) is 3.71. The van der Waals surface area contributed by atoms with Crippen LogP contribution in [-0.2, 0) is 0 Å². The van der Waals surface area contributed by atoms with Crippen molar-refractivity contribution in [3.05, 3.63) is 71.0 Å². The largest absolute Gasteiger partial charge is 0.306 e. The molecule has 3 rings (SSSR count). The van der Waals surface area contributed by atoms with Crippen LogP contribution in [0, 0.1) is 0 Å². The molecule has 1 heterocycles. The molecule has 0 fully saturated rings. The van der Waals surface area contributed by atoms with E-state index >= 15 is 0 Å². The highest BCUT2D eigenvalue weighted by Gasteiger charge is 2.04. The summed E-state index contributed by atoms with van der Waals surface area (Å²) in [4.78, 5) is 19.3. The lowest BCUT2D eigenvalue weighted by atomic mass is 10.1. The van der Waals surface area contributed by atoms with Crippen molar-refractivity contribution in [1.82, 2.24) is 9.97 Å². The fourth-order valence-corrected chi connectivity index (χ4v) is 2.00. The van der Waals surface area contributed by atoms with E-state index in [0.717, 1.165) is 11.1 Å². The van der Waals surface area contributed by atoms with Crippen molar-refractivity contribution in [2.75, 3.05) is 0 Å². The topological polar surface area (TPSA) is 45.8 Å². The number of nitrogens with one attached hydrogen (secondary N) is 1. The number of hydrogen-bond acceptors (Lipinski definition) is 2. The van der Waals surface area contributed by atoms with Crippen molar-refractivity contribution in [2.24, 2.45) is 0 Å². The van der Waals surface area contributed by atoms with Gasteiger partial charge >= 0.3 is 0 Å². The van der Waals surface area contributed by atoms with Crippen LogP contribution in [0.3, 0.4) is 0 Å². The Hall–Kier alpha value is -2.68. The minimum Gasteiger partial charge on any atom is -0.306 e. The van der Waals surface area contributed by atoms with Gasteiger partial charge in [0.25, 0.3) is 5.56 Å². The average molecular weight is 248 g/mol.